The molecule has 13 heavy (non-hydrogen) atoms. The molecule has 0 radical (unpaired) electrons. The van der Waals surface area contributed by atoms with Crippen molar-refractivity contribution >= 4 is 17.3 Å². The minimum absolute atomic E-state index is 0.275. The second-order valence-electron chi connectivity index (χ2n) is 2.96. The normalized spacial score (nSPS) is 12.2. The summed E-state index contributed by atoms with van der Waals surface area (Å²) in [5.74, 6) is 0. The Kier molecular flexibility index (Phi) is 8.04. The highest BCUT2D eigenvalue weighted by Crippen LogP contribution is 1.84. The van der Waals surface area contributed by atoms with Crippen molar-refractivity contribution in [1.29, 1.82) is 0 Å². The molecule has 2 N–H and O–H groups in total. The van der Waals surface area contributed by atoms with Crippen molar-refractivity contribution in [2.24, 2.45) is 0 Å². The molecule has 0 aromatic carbocycles. The van der Waals surface area contributed by atoms with Crippen LogP contribution in [0.15, 0.2) is 0 Å². The van der Waals surface area contributed by atoms with Crippen LogP contribution >= 0.6 is 12.2 Å². The largest absolute Gasteiger partial charge is 0.380 e. The Morgan fingerprint density at radius 2 is 2.15 bits per heavy atom. The highest BCUT2D eigenvalue weighted by molar-refractivity contribution is 7.80. The van der Waals surface area contributed by atoms with Gasteiger partial charge in [-0.25, -0.2) is 0 Å². The van der Waals surface area contributed by atoms with E-state index in [4.69, 9.17) is 17.0 Å². The van der Waals surface area contributed by atoms with E-state index < -0.39 is 0 Å². The lowest BCUT2D eigenvalue weighted by atomic mass is 10.4. The van der Waals surface area contributed by atoms with Crippen LogP contribution < -0.4 is 10.6 Å². The first kappa shape index (κ1) is 12.7. The summed E-state index contributed by atoms with van der Waals surface area (Å²) < 4.78 is 5.25. The molecular weight excluding hydrogens is 184 g/mol. The number of rotatable bonds is 6. The maximum Gasteiger partial charge on any atom is 0.166 e. The summed E-state index contributed by atoms with van der Waals surface area (Å²) in [7, 11) is 0. The third-order valence-corrected chi connectivity index (χ3v) is 1.75. The van der Waals surface area contributed by atoms with E-state index in [0.717, 1.165) is 19.6 Å². The number of nitrogens with one attached hydrogen (secondary N) is 2. The molecule has 1 unspecified atom stereocenters. The Morgan fingerprint density at radius 3 is 2.69 bits per heavy atom. The van der Waals surface area contributed by atoms with Gasteiger partial charge in [-0.15, -0.1) is 0 Å². The van der Waals surface area contributed by atoms with Crippen LogP contribution in [0.4, 0.5) is 0 Å². The van der Waals surface area contributed by atoms with E-state index in [2.05, 4.69) is 24.5 Å². The van der Waals surface area contributed by atoms with Crippen LogP contribution in [0, 0.1) is 0 Å². The molecule has 0 aromatic heterocycles. The lowest BCUT2D eigenvalue weighted by molar-refractivity contribution is 0.132. The van der Waals surface area contributed by atoms with E-state index in [9.17, 15) is 0 Å². The molecule has 0 aliphatic rings. The molecule has 0 rings (SSSR count). The SMILES string of the molecule is CCCNC(=S)NC(C)COCC. The highest BCUT2D eigenvalue weighted by atomic mass is 32.1. The first-order valence-electron chi connectivity index (χ1n) is 4.82. The van der Waals surface area contributed by atoms with Crippen LogP contribution in [0.1, 0.15) is 27.2 Å². The van der Waals surface area contributed by atoms with Crippen molar-refractivity contribution in [3.63, 3.8) is 0 Å². The molecule has 0 amide bonds. The monoisotopic (exact) mass is 204 g/mol. The molecule has 78 valence electrons. The Labute approximate surface area is 86.2 Å². The molecule has 0 saturated carbocycles. The zero-order valence-corrected chi connectivity index (χ0v) is 9.54. The van der Waals surface area contributed by atoms with Gasteiger partial charge < -0.3 is 15.4 Å². The summed E-state index contributed by atoms with van der Waals surface area (Å²) in [6.45, 7) is 8.52. The van der Waals surface area contributed by atoms with Gasteiger partial charge in [-0.1, -0.05) is 6.92 Å². The van der Waals surface area contributed by atoms with E-state index >= 15 is 0 Å². The predicted molar refractivity (Wildman–Crippen MR) is 60.0 cm³/mol. The minimum atomic E-state index is 0.275. The van der Waals surface area contributed by atoms with Crippen LogP contribution in [0.2, 0.25) is 0 Å². The molecule has 0 fully saturated rings. The maximum atomic E-state index is 5.25. The van der Waals surface area contributed by atoms with Crippen LogP contribution in [0.25, 0.3) is 0 Å². The van der Waals surface area contributed by atoms with E-state index in [1.165, 1.54) is 0 Å². The van der Waals surface area contributed by atoms with Gasteiger partial charge in [0.05, 0.1) is 6.61 Å². The first-order valence-corrected chi connectivity index (χ1v) is 5.23. The fourth-order valence-corrected chi connectivity index (χ4v) is 1.15. The standard InChI is InChI=1S/C9H20N2OS/c1-4-6-10-9(13)11-8(3)7-12-5-2/h8H,4-7H2,1-3H3,(H2,10,11,13). The Bertz CT molecular complexity index is 142. The van der Waals surface area contributed by atoms with Gasteiger partial charge in [-0.3, -0.25) is 0 Å². The zero-order valence-electron chi connectivity index (χ0n) is 8.72. The van der Waals surface area contributed by atoms with Gasteiger partial charge in [-0.2, -0.15) is 0 Å². The zero-order chi connectivity index (χ0) is 10.1. The minimum Gasteiger partial charge on any atom is -0.380 e. The van der Waals surface area contributed by atoms with E-state index in [0.29, 0.717) is 11.7 Å². The van der Waals surface area contributed by atoms with Crippen LogP contribution in [0.5, 0.6) is 0 Å². The van der Waals surface area contributed by atoms with Gasteiger partial charge in [0.1, 0.15) is 0 Å². The molecule has 0 aliphatic heterocycles. The molecule has 0 aromatic rings. The fourth-order valence-electron chi connectivity index (χ4n) is 0.850. The number of hydrogen-bond acceptors (Lipinski definition) is 2. The third-order valence-electron chi connectivity index (χ3n) is 1.49. The molecule has 0 heterocycles. The second kappa shape index (κ2) is 8.26. The molecular formula is C9H20N2OS. The Morgan fingerprint density at radius 1 is 1.46 bits per heavy atom. The van der Waals surface area contributed by atoms with Crippen LogP contribution in [-0.2, 0) is 4.74 Å². The quantitative estimate of drug-likeness (QED) is 0.639. The number of hydrogen-bond donors (Lipinski definition) is 2. The molecule has 0 spiro atoms. The average molecular weight is 204 g/mol. The summed E-state index contributed by atoms with van der Waals surface area (Å²) in [5.41, 5.74) is 0. The van der Waals surface area contributed by atoms with Gasteiger partial charge in [0.15, 0.2) is 5.11 Å². The van der Waals surface area contributed by atoms with Crippen molar-refractivity contribution in [1.82, 2.24) is 10.6 Å². The molecule has 4 heteroatoms. The Balaban J connectivity index is 3.41. The van der Waals surface area contributed by atoms with E-state index in [1.54, 1.807) is 0 Å². The first-order chi connectivity index (χ1) is 6.20. The lowest BCUT2D eigenvalue weighted by Gasteiger charge is -2.16. The third kappa shape index (κ3) is 7.99. The summed E-state index contributed by atoms with van der Waals surface area (Å²) in [5, 5.41) is 6.97. The predicted octanol–water partition coefficient (Wildman–Crippen LogP) is 1.29. The fraction of sp³-hybridized carbons (Fsp3) is 0.889. The second-order valence-corrected chi connectivity index (χ2v) is 3.37. The number of thiocarbonyl (C=S) groups is 1. The molecule has 0 bridgehead atoms. The van der Waals surface area contributed by atoms with E-state index in [1.807, 2.05) is 6.92 Å². The maximum absolute atomic E-state index is 5.25. The van der Waals surface area contributed by atoms with Crippen molar-refractivity contribution in [3.8, 4) is 0 Å². The molecule has 0 saturated heterocycles. The highest BCUT2D eigenvalue weighted by Gasteiger charge is 2.02. The smallest absolute Gasteiger partial charge is 0.166 e. The van der Waals surface area contributed by atoms with Gasteiger partial charge in [0, 0.05) is 19.2 Å². The van der Waals surface area contributed by atoms with Gasteiger partial charge >= 0.3 is 0 Å². The van der Waals surface area contributed by atoms with Gasteiger partial charge in [0.2, 0.25) is 0 Å². The summed E-state index contributed by atoms with van der Waals surface area (Å²) in [4.78, 5) is 0. The molecule has 0 aliphatic carbocycles. The van der Waals surface area contributed by atoms with Crippen molar-refractivity contribution in [2.75, 3.05) is 19.8 Å². The van der Waals surface area contributed by atoms with Gasteiger partial charge in [0.25, 0.3) is 0 Å². The van der Waals surface area contributed by atoms with Gasteiger partial charge in [-0.05, 0) is 32.5 Å². The summed E-state index contributed by atoms with van der Waals surface area (Å²) in [6.07, 6.45) is 1.08. The topological polar surface area (TPSA) is 33.3 Å². The summed E-state index contributed by atoms with van der Waals surface area (Å²) >= 11 is 5.07. The summed E-state index contributed by atoms with van der Waals surface area (Å²) in [6, 6.07) is 0.275. The number of ether oxygens (including phenoxy) is 1. The lowest BCUT2D eigenvalue weighted by Crippen LogP contribution is -2.42. The van der Waals surface area contributed by atoms with E-state index in [-0.39, 0.29) is 6.04 Å². The average Bonchev–Trinajstić information content (AvgIpc) is 2.11. The van der Waals surface area contributed by atoms with Crippen LogP contribution in [0.3, 0.4) is 0 Å². The van der Waals surface area contributed by atoms with Crippen molar-refractivity contribution in [2.45, 2.75) is 33.2 Å². The van der Waals surface area contributed by atoms with Crippen molar-refractivity contribution in [3.05, 3.63) is 0 Å². The van der Waals surface area contributed by atoms with Crippen molar-refractivity contribution < 1.29 is 4.74 Å². The molecule has 1 atom stereocenters. The van der Waals surface area contributed by atoms with Crippen LogP contribution in [-0.4, -0.2) is 30.9 Å². The molecule has 3 nitrogen and oxygen atoms in total. The Hall–Kier alpha value is -0.350.